The van der Waals surface area contributed by atoms with Crippen molar-refractivity contribution in [3.8, 4) is 5.75 Å². The molecule has 2 heterocycles. The van der Waals surface area contributed by atoms with Crippen molar-refractivity contribution in [3.63, 3.8) is 0 Å². The molecule has 0 bridgehead atoms. The average molecular weight is 407 g/mol. The highest BCUT2D eigenvalue weighted by Crippen LogP contribution is 2.25. The fraction of sp³-hybridized carbons (Fsp3) is 0.368. The normalized spacial score (nSPS) is 17.2. The Balaban J connectivity index is 1.95. The van der Waals surface area contributed by atoms with Gasteiger partial charge in [0.1, 0.15) is 16.5 Å². The molecule has 1 amide bonds. The van der Waals surface area contributed by atoms with Crippen LogP contribution in [0.1, 0.15) is 30.1 Å². The molecular weight excluding hydrogens is 385 g/mol. The van der Waals surface area contributed by atoms with Crippen molar-refractivity contribution in [1.29, 1.82) is 0 Å². The highest BCUT2D eigenvalue weighted by molar-refractivity contribution is 7.92. The number of piperidine rings is 1. The summed E-state index contributed by atoms with van der Waals surface area (Å²) in [6, 6.07) is 4.56. The summed E-state index contributed by atoms with van der Waals surface area (Å²) in [7, 11) is -2.71. The second-order valence-corrected chi connectivity index (χ2v) is 8.51. The van der Waals surface area contributed by atoms with Gasteiger partial charge >= 0.3 is 0 Å². The van der Waals surface area contributed by atoms with Crippen molar-refractivity contribution in [2.24, 2.45) is 5.92 Å². The molecule has 1 aromatic heterocycles. The molecule has 0 saturated carbocycles. The first-order chi connectivity index (χ1) is 13.3. The van der Waals surface area contributed by atoms with E-state index in [4.69, 9.17) is 4.74 Å². The molecule has 1 fully saturated rings. The van der Waals surface area contributed by atoms with Crippen molar-refractivity contribution >= 4 is 21.6 Å². The van der Waals surface area contributed by atoms with E-state index in [1.165, 1.54) is 25.6 Å². The Labute approximate surface area is 163 Å². The van der Waals surface area contributed by atoms with Crippen LogP contribution in [0.2, 0.25) is 0 Å². The first-order valence-electron chi connectivity index (χ1n) is 8.91. The minimum Gasteiger partial charge on any atom is -0.495 e. The third-order valence-corrected chi connectivity index (χ3v) is 6.05. The first kappa shape index (κ1) is 20.1. The number of methoxy groups -OCH3 is 1. The van der Waals surface area contributed by atoms with Gasteiger partial charge in [0.2, 0.25) is 0 Å². The number of nitrogens with one attached hydrogen (secondary N) is 1. The zero-order valence-corrected chi connectivity index (χ0v) is 16.5. The molecule has 150 valence electrons. The molecule has 2 aromatic rings. The minimum atomic E-state index is -4.14. The summed E-state index contributed by atoms with van der Waals surface area (Å²) in [5.74, 6) is -0.476. The number of aromatic nitrogens is 1. The lowest BCUT2D eigenvalue weighted by molar-refractivity contribution is 0.0678. The molecule has 28 heavy (non-hydrogen) atoms. The van der Waals surface area contributed by atoms with Crippen LogP contribution in [-0.2, 0) is 10.0 Å². The molecule has 0 spiro atoms. The SMILES string of the molecule is COc1cncc(NS(=O)(=O)c2ccc(F)cc2C(=O)N2CCCC(C)C2)c1. The highest BCUT2D eigenvalue weighted by Gasteiger charge is 2.28. The molecule has 0 radical (unpaired) electrons. The lowest BCUT2D eigenvalue weighted by Crippen LogP contribution is -2.39. The van der Waals surface area contributed by atoms with Crippen LogP contribution in [0, 0.1) is 11.7 Å². The maximum Gasteiger partial charge on any atom is 0.262 e. The van der Waals surface area contributed by atoms with Crippen LogP contribution in [0.5, 0.6) is 5.75 Å². The van der Waals surface area contributed by atoms with Gasteiger partial charge in [-0.3, -0.25) is 14.5 Å². The Kier molecular flexibility index (Phi) is 5.83. The Bertz CT molecular complexity index is 981. The van der Waals surface area contributed by atoms with Gasteiger partial charge in [-0.05, 0) is 37.0 Å². The van der Waals surface area contributed by atoms with E-state index in [-0.39, 0.29) is 16.1 Å². The third kappa shape index (κ3) is 4.41. The molecule has 0 aliphatic carbocycles. The highest BCUT2D eigenvalue weighted by atomic mass is 32.2. The fourth-order valence-electron chi connectivity index (χ4n) is 3.24. The summed E-state index contributed by atoms with van der Waals surface area (Å²) in [5, 5.41) is 0. The molecule has 1 aromatic carbocycles. The Morgan fingerprint density at radius 1 is 1.32 bits per heavy atom. The van der Waals surface area contributed by atoms with E-state index in [1.807, 2.05) is 6.92 Å². The van der Waals surface area contributed by atoms with Crippen molar-refractivity contribution in [3.05, 3.63) is 48.0 Å². The van der Waals surface area contributed by atoms with Crippen LogP contribution in [-0.4, -0.2) is 44.4 Å². The molecule has 1 aliphatic rings. The maximum atomic E-state index is 13.9. The van der Waals surface area contributed by atoms with Gasteiger partial charge < -0.3 is 9.64 Å². The number of carbonyl (C=O) groups is 1. The van der Waals surface area contributed by atoms with Crippen molar-refractivity contribution in [2.45, 2.75) is 24.7 Å². The number of hydrogen-bond acceptors (Lipinski definition) is 5. The predicted octanol–water partition coefficient (Wildman–Crippen LogP) is 2.90. The number of anilines is 1. The molecule has 1 aliphatic heterocycles. The lowest BCUT2D eigenvalue weighted by atomic mass is 9.99. The molecule has 9 heteroatoms. The van der Waals surface area contributed by atoms with E-state index in [0.717, 1.165) is 31.0 Å². The van der Waals surface area contributed by atoms with Gasteiger partial charge in [-0.1, -0.05) is 6.92 Å². The van der Waals surface area contributed by atoms with Gasteiger partial charge in [-0.15, -0.1) is 0 Å². The van der Waals surface area contributed by atoms with Crippen molar-refractivity contribution in [1.82, 2.24) is 9.88 Å². The maximum absolute atomic E-state index is 13.9. The van der Waals surface area contributed by atoms with E-state index in [0.29, 0.717) is 24.8 Å². The fourth-order valence-corrected chi connectivity index (χ4v) is 4.46. The minimum absolute atomic E-state index is 0.175. The second-order valence-electron chi connectivity index (χ2n) is 6.86. The van der Waals surface area contributed by atoms with E-state index in [9.17, 15) is 17.6 Å². The van der Waals surface area contributed by atoms with Gasteiger partial charge in [0.05, 0.1) is 30.8 Å². The second kappa shape index (κ2) is 8.14. The van der Waals surface area contributed by atoms with Gasteiger partial charge in [-0.25, -0.2) is 12.8 Å². The largest absolute Gasteiger partial charge is 0.495 e. The van der Waals surface area contributed by atoms with Crippen molar-refractivity contribution < 1.29 is 22.3 Å². The Morgan fingerprint density at radius 2 is 2.11 bits per heavy atom. The lowest BCUT2D eigenvalue weighted by Gasteiger charge is -2.31. The number of pyridine rings is 1. The Morgan fingerprint density at radius 3 is 2.82 bits per heavy atom. The molecule has 1 saturated heterocycles. The van der Waals surface area contributed by atoms with Crippen LogP contribution >= 0.6 is 0 Å². The number of hydrogen-bond donors (Lipinski definition) is 1. The van der Waals surface area contributed by atoms with Crippen LogP contribution in [0.25, 0.3) is 0 Å². The van der Waals surface area contributed by atoms with E-state index < -0.39 is 21.7 Å². The van der Waals surface area contributed by atoms with Crippen LogP contribution in [0.15, 0.2) is 41.6 Å². The molecule has 1 atom stereocenters. The molecule has 7 nitrogen and oxygen atoms in total. The average Bonchev–Trinajstić information content (AvgIpc) is 2.67. The number of ether oxygens (including phenoxy) is 1. The standard InChI is InChI=1S/C19H22FN3O4S/c1-13-4-3-7-23(12-13)19(24)17-8-14(20)5-6-18(17)28(25,26)22-15-9-16(27-2)11-21-10-15/h5-6,8-11,13,22H,3-4,7,12H2,1-2H3. The quantitative estimate of drug-likeness (QED) is 0.823. The molecule has 1 unspecified atom stereocenters. The number of nitrogens with zero attached hydrogens (tertiary/aromatic N) is 2. The molecular formula is C19H22FN3O4S. The zero-order valence-electron chi connectivity index (χ0n) is 15.7. The number of likely N-dealkylation sites (tertiary alicyclic amines) is 1. The van der Waals surface area contributed by atoms with Gasteiger partial charge in [-0.2, -0.15) is 0 Å². The van der Waals surface area contributed by atoms with Crippen LogP contribution in [0.3, 0.4) is 0 Å². The Hall–Kier alpha value is -2.68. The monoisotopic (exact) mass is 407 g/mol. The predicted molar refractivity (Wildman–Crippen MR) is 102 cm³/mol. The number of rotatable bonds is 5. The summed E-state index contributed by atoms with van der Waals surface area (Å²) in [5.41, 5.74) is -0.00822. The van der Waals surface area contributed by atoms with Gasteiger partial charge in [0.25, 0.3) is 15.9 Å². The number of carbonyl (C=O) groups excluding carboxylic acids is 1. The smallest absolute Gasteiger partial charge is 0.262 e. The van der Waals surface area contributed by atoms with E-state index in [2.05, 4.69) is 9.71 Å². The summed E-state index contributed by atoms with van der Waals surface area (Å²) >= 11 is 0. The number of halogens is 1. The number of sulfonamides is 1. The van der Waals surface area contributed by atoms with Gasteiger partial charge in [0, 0.05) is 19.2 Å². The number of benzene rings is 1. The van der Waals surface area contributed by atoms with Crippen molar-refractivity contribution in [2.75, 3.05) is 24.9 Å². The number of amides is 1. The zero-order chi connectivity index (χ0) is 20.3. The van der Waals surface area contributed by atoms with E-state index >= 15 is 0 Å². The van der Waals surface area contributed by atoms with Crippen LogP contribution in [0.4, 0.5) is 10.1 Å². The topological polar surface area (TPSA) is 88.6 Å². The van der Waals surface area contributed by atoms with Gasteiger partial charge in [0.15, 0.2) is 0 Å². The third-order valence-electron chi connectivity index (χ3n) is 4.61. The summed E-state index contributed by atoms with van der Waals surface area (Å²) < 4.78 is 47.1. The molecule has 1 N–H and O–H groups in total. The summed E-state index contributed by atoms with van der Waals surface area (Å²) in [6.07, 6.45) is 4.58. The first-order valence-corrected chi connectivity index (χ1v) is 10.4. The summed E-state index contributed by atoms with van der Waals surface area (Å²) in [4.78, 5) is 18.2. The van der Waals surface area contributed by atoms with E-state index in [1.54, 1.807) is 4.90 Å². The molecule has 3 rings (SSSR count). The summed E-state index contributed by atoms with van der Waals surface area (Å²) in [6.45, 7) is 3.06. The van der Waals surface area contributed by atoms with Crippen LogP contribution < -0.4 is 9.46 Å².